The van der Waals surface area contributed by atoms with Crippen LogP contribution in [0.25, 0.3) is 17.0 Å². The van der Waals surface area contributed by atoms with Crippen molar-refractivity contribution < 1.29 is 27.5 Å². The second-order valence-corrected chi connectivity index (χ2v) is 10.0. The number of alkyl halides is 3. The third-order valence-electron chi connectivity index (χ3n) is 7.23. The van der Waals surface area contributed by atoms with Crippen molar-refractivity contribution in [2.24, 2.45) is 0 Å². The number of fused-ring (bicyclic) bond motifs is 1. The Morgan fingerprint density at radius 2 is 1.80 bits per heavy atom. The zero-order chi connectivity index (χ0) is 28.3. The Morgan fingerprint density at radius 3 is 2.50 bits per heavy atom. The van der Waals surface area contributed by atoms with E-state index in [1.54, 1.807) is 6.07 Å². The number of halogens is 3. The molecule has 2 aliphatic rings. The van der Waals surface area contributed by atoms with Gasteiger partial charge in [0.25, 0.3) is 0 Å². The molecular weight excluding hydrogens is 523 g/mol. The van der Waals surface area contributed by atoms with Crippen LogP contribution >= 0.6 is 0 Å². The van der Waals surface area contributed by atoms with Crippen LogP contribution < -0.4 is 15.0 Å². The first-order valence-electron chi connectivity index (χ1n) is 13.3. The average Bonchev–Trinajstić information content (AvgIpc) is 2.92. The highest BCUT2D eigenvalue weighted by molar-refractivity contribution is 6.03. The molecule has 1 N–H and O–H groups in total. The van der Waals surface area contributed by atoms with E-state index >= 15 is 0 Å². The first-order chi connectivity index (χ1) is 19.1. The van der Waals surface area contributed by atoms with E-state index in [4.69, 9.17) is 9.97 Å². The number of nitrogens with zero attached hydrogens (tertiary/aromatic N) is 4. The number of hydrogen-bond donors (Lipinski definition) is 1. The lowest BCUT2D eigenvalue weighted by Gasteiger charge is -2.40. The molecule has 2 aliphatic heterocycles. The van der Waals surface area contributed by atoms with Crippen molar-refractivity contribution >= 4 is 40.4 Å². The van der Waals surface area contributed by atoms with Crippen LogP contribution in [0.2, 0.25) is 0 Å². The molecule has 0 saturated carbocycles. The second-order valence-electron chi connectivity index (χ2n) is 10.0. The van der Waals surface area contributed by atoms with E-state index in [0.717, 1.165) is 61.9 Å². The molecule has 3 aromatic rings. The molecule has 5 rings (SSSR count). The van der Waals surface area contributed by atoms with Crippen molar-refractivity contribution in [3.05, 3.63) is 59.8 Å². The molecule has 2 aromatic carbocycles. The van der Waals surface area contributed by atoms with E-state index in [2.05, 4.69) is 19.9 Å². The van der Waals surface area contributed by atoms with E-state index in [-0.39, 0.29) is 23.6 Å². The SMILES string of the molecule is Cc1nc(N2CCC(N3CCCCC3=O)CC2)nc2ccc(NC(=O)/C=C/c3ccc(OC(F)(F)F)cc3)cc12. The van der Waals surface area contributed by atoms with Gasteiger partial charge in [-0.05, 0) is 74.6 Å². The van der Waals surface area contributed by atoms with Crippen LogP contribution in [-0.2, 0) is 9.59 Å². The van der Waals surface area contributed by atoms with Crippen LogP contribution in [-0.4, -0.2) is 58.7 Å². The van der Waals surface area contributed by atoms with Gasteiger partial charge in [-0.25, -0.2) is 9.97 Å². The molecule has 3 heterocycles. The minimum atomic E-state index is -4.76. The fourth-order valence-electron chi connectivity index (χ4n) is 5.21. The summed E-state index contributed by atoms with van der Waals surface area (Å²) in [6.45, 7) is 4.35. The molecule has 0 radical (unpaired) electrons. The molecule has 11 heteroatoms. The number of hydrogen-bond acceptors (Lipinski definition) is 6. The molecule has 0 aliphatic carbocycles. The molecule has 8 nitrogen and oxygen atoms in total. The summed E-state index contributed by atoms with van der Waals surface area (Å²) in [5.41, 5.74) is 2.68. The van der Waals surface area contributed by atoms with Crippen LogP contribution in [0.3, 0.4) is 0 Å². The van der Waals surface area contributed by atoms with Gasteiger partial charge in [0.05, 0.1) is 11.2 Å². The van der Waals surface area contributed by atoms with Crippen LogP contribution in [0.1, 0.15) is 43.4 Å². The third kappa shape index (κ3) is 6.70. The first kappa shape index (κ1) is 27.4. The summed E-state index contributed by atoms with van der Waals surface area (Å²) in [7, 11) is 0. The van der Waals surface area contributed by atoms with Gasteiger partial charge >= 0.3 is 6.36 Å². The van der Waals surface area contributed by atoms with Crippen molar-refractivity contribution in [3.63, 3.8) is 0 Å². The van der Waals surface area contributed by atoms with E-state index in [1.165, 1.54) is 36.4 Å². The molecule has 210 valence electrons. The van der Waals surface area contributed by atoms with E-state index in [0.29, 0.717) is 23.6 Å². The number of benzene rings is 2. The second kappa shape index (κ2) is 11.5. The highest BCUT2D eigenvalue weighted by atomic mass is 19.4. The van der Waals surface area contributed by atoms with Gasteiger partial charge in [0.1, 0.15) is 5.75 Å². The Hall–Kier alpha value is -4.15. The van der Waals surface area contributed by atoms with Gasteiger partial charge in [-0.3, -0.25) is 9.59 Å². The minimum Gasteiger partial charge on any atom is -0.406 e. The molecule has 2 saturated heterocycles. The Labute approximate surface area is 229 Å². The third-order valence-corrected chi connectivity index (χ3v) is 7.23. The summed E-state index contributed by atoms with van der Waals surface area (Å²) in [6.07, 6.45) is 2.57. The molecule has 2 amide bonds. The van der Waals surface area contributed by atoms with Gasteiger partial charge in [0.15, 0.2) is 0 Å². The molecule has 2 fully saturated rings. The Morgan fingerprint density at radius 1 is 1.05 bits per heavy atom. The number of amides is 2. The maximum absolute atomic E-state index is 12.4. The molecule has 0 bridgehead atoms. The lowest BCUT2D eigenvalue weighted by molar-refractivity contribution is -0.274. The standard InChI is InChI=1S/C29H30F3N5O3/c1-19-24-18-21(34-26(38)12-7-20-5-9-23(10-6-20)40-29(30,31)32)8-11-25(24)35-28(33-19)36-16-13-22(14-17-36)37-15-3-2-4-27(37)39/h5-12,18,22H,2-4,13-17H2,1H3,(H,34,38)/b12-7+. The minimum absolute atomic E-state index is 0.273. The Kier molecular flexibility index (Phi) is 7.90. The molecule has 0 unspecified atom stereocenters. The van der Waals surface area contributed by atoms with E-state index in [9.17, 15) is 22.8 Å². The molecule has 1 aromatic heterocycles. The van der Waals surface area contributed by atoms with Crippen molar-refractivity contribution in [2.75, 3.05) is 29.9 Å². The first-order valence-corrected chi connectivity index (χ1v) is 13.3. The molecular formula is C29H30F3N5O3. The number of carbonyl (C=O) groups is 2. The maximum atomic E-state index is 12.4. The van der Waals surface area contributed by atoms with Crippen LogP contribution in [0.4, 0.5) is 24.8 Å². The number of aromatic nitrogens is 2. The van der Waals surface area contributed by atoms with Gasteiger partial charge < -0.3 is 19.9 Å². The monoisotopic (exact) mass is 553 g/mol. The number of piperidine rings is 2. The van der Waals surface area contributed by atoms with Crippen LogP contribution in [0, 0.1) is 6.92 Å². The zero-order valence-corrected chi connectivity index (χ0v) is 22.1. The number of nitrogens with one attached hydrogen (secondary N) is 1. The summed E-state index contributed by atoms with van der Waals surface area (Å²) >= 11 is 0. The predicted octanol–water partition coefficient (Wildman–Crippen LogP) is 5.47. The fraction of sp³-hybridized carbons (Fsp3) is 0.379. The molecule has 40 heavy (non-hydrogen) atoms. The van der Waals surface area contributed by atoms with Gasteiger partial charge in [0.2, 0.25) is 17.8 Å². The van der Waals surface area contributed by atoms with E-state index < -0.39 is 6.36 Å². The molecule has 0 atom stereocenters. The normalized spacial score (nSPS) is 17.1. The van der Waals surface area contributed by atoms with Gasteiger partial charge in [-0.15, -0.1) is 13.2 Å². The smallest absolute Gasteiger partial charge is 0.406 e. The van der Waals surface area contributed by atoms with Crippen molar-refractivity contribution in [3.8, 4) is 5.75 Å². The van der Waals surface area contributed by atoms with Crippen LogP contribution in [0.15, 0.2) is 48.5 Å². The number of rotatable bonds is 6. The summed E-state index contributed by atoms with van der Waals surface area (Å²) in [5.74, 6) is 0.221. The number of likely N-dealkylation sites (tertiary alicyclic amines) is 1. The maximum Gasteiger partial charge on any atom is 0.573 e. The number of carbonyl (C=O) groups excluding carboxylic acids is 2. The van der Waals surface area contributed by atoms with E-state index in [1.807, 2.05) is 19.1 Å². The quantitative estimate of drug-likeness (QED) is 0.408. The summed E-state index contributed by atoms with van der Waals surface area (Å²) in [5, 5.41) is 3.61. The lowest BCUT2D eigenvalue weighted by atomic mass is 9.99. The van der Waals surface area contributed by atoms with Gasteiger partial charge in [-0.2, -0.15) is 0 Å². The number of aryl methyl sites for hydroxylation is 1. The topological polar surface area (TPSA) is 87.7 Å². The zero-order valence-electron chi connectivity index (χ0n) is 22.1. The van der Waals surface area contributed by atoms with Crippen molar-refractivity contribution in [1.82, 2.24) is 14.9 Å². The highest BCUT2D eigenvalue weighted by Crippen LogP contribution is 2.27. The number of anilines is 2. The fourth-order valence-corrected chi connectivity index (χ4v) is 5.21. The average molecular weight is 554 g/mol. The van der Waals surface area contributed by atoms with Crippen molar-refractivity contribution in [1.29, 1.82) is 0 Å². The summed E-state index contributed by atoms with van der Waals surface area (Å²) in [4.78, 5) is 38.5. The Bertz CT molecular complexity index is 1420. The predicted molar refractivity (Wildman–Crippen MR) is 146 cm³/mol. The summed E-state index contributed by atoms with van der Waals surface area (Å²) < 4.78 is 40.8. The van der Waals surface area contributed by atoms with Gasteiger partial charge in [-0.1, -0.05) is 12.1 Å². The Balaban J connectivity index is 1.20. The highest BCUT2D eigenvalue weighted by Gasteiger charge is 2.31. The van der Waals surface area contributed by atoms with Gasteiger partial charge in [0, 0.05) is 49.2 Å². The molecule has 0 spiro atoms. The largest absolute Gasteiger partial charge is 0.573 e. The lowest BCUT2D eigenvalue weighted by Crippen LogP contribution is -2.49. The van der Waals surface area contributed by atoms with Crippen molar-refractivity contribution in [2.45, 2.75) is 51.4 Å². The van der Waals surface area contributed by atoms with Crippen LogP contribution in [0.5, 0.6) is 5.75 Å². The summed E-state index contributed by atoms with van der Waals surface area (Å²) in [6, 6.07) is 10.9. The number of ether oxygens (including phenoxy) is 1.